The largest absolute Gasteiger partial charge is 0.444 e. The fourth-order valence-corrected chi connectivity index (χ4v) is 7.05. The number of hydrogen-bond acceptors (Lipinski definition) is 5. The van der Waals surface area contributed by atoms with Gasteiger partial charge in [0.1, 0.15) is 5.60 Å². The molecule has 0 aliphatic carbocycles. The van der Waals surface area contributed by atoms with Crippen molar-refractivity contribution in [2.75, 3.05) is 19.8 Å². The smallest absolute Gasteiger partial charge is 0.416 e. The molecule has 10 heteroatoms. The van der Waals surface area contributed by atoms with Crippen LogP contribution >= 0.6 is 0 Å². The number of fused-ring (bicyclic) bond motifs is 1. The zero-order valence-corrected chi connectivity index (χ0v) is 28.4. The summed E-state index contributed by atoms with van der Waals surface area (Å²) in [5, 5.41) is 10.9. The number of hydrogen-bond donors (Lipinski definition) is 2. The van der Waals surface area contributed by atoms with E-state index in [1.807, 2.05) is 99.6 Å². The van der Waals surface area contributed by atoms with Crippen molar-refractivity contribution in [3.63, 3.8) is 0 Å². The summed E-state index contributed by atoms with van der Waals surface area (Å²) in [5.74, 6) is 0. The number of benzene rings is 4. The van der Waals surface area contributed by atoms with Gasteiger partial charge in [0.05, 0.1) is 35.8 Å². The van der Waals surface area contributed by atoms with Crippen LogP contribution in [-0.4, -0.2) is 46.6 Å². The van der Waals surface area contributed by atoms with Gasteiger partial charge in [-0.2, -0.15) is 18.3 Å². The molecule has 2 N–H and O–H groups in total. The SMILES string of the molecule is CC(C)(C)OC(=O)NCC1(c2cccc(-c3c(C(c4ccccc4)(c4ccccc4)c4cccc(C(F)(F)F)c4)cnc4[nH]ncc34)c2)COC1. The lowest BCUT2D eigenvalue weighted by molar-refractivity contribution is -0.137. The highest BCUT2D eigenvalue weighted by Gasteiger charge is 2.44. The van der Waals surface area contributed by atoms with Crippen molar-refractivity contribution in [3.8, 4) is 11.1 Å². The van der Waals surface area contributed by atoms with E-state index >= 15 is 0 Å². The summed E-state index contributed by atoms with van der Waals surface area (Å²) < 4.78 is 54.4. The van der Waals surface area contributed by atoms with Crippen molar-refractivity contribution < 1.29 is 27.4 Å². The summed E-state index contributed by atoms with van der Waals surface area (Å²) in [6, 6.07) is 32.6. The van der Waals surface area contributed by atoms with E-state index in [1.165, 1.54) is 12.1 Å². The normalized spacial score (nSPS) is 14.5. The number of carbonyl (C=O) groups excluding carboxylic acids is 1. The van der Waals surface area contributed by atoms with Crippen LogP contribution in [0.3, 0.4) is 0 Å². The second-order valence-corrected chi connectivity index (χ2v) is 13.9. The number of nitrogens with one attached hydrogen (secondary N) is 2. The van der Waals surface area contributed by atoms with Crippen molar-refractivity contribution in [3.05, 3.63) is 155 Å². The Hall–Kier alpha value is -5.48. The number of alkyl carbamates (subject to hydrolysis) is 1. The maximum absolute atomic E-state index is 14.4. The highest BCUT2D eigenvalue weighted by Crippen LogP contribution is 2.50. The molecule has 1 fully saturated rings. The monoisotopic (exact) mass is 690 g/mol. The molecule has 0 bridgehead atoms. The van der Waals surface area contributed by atoms with Gasteiger partial charge in [-0.05, 0) is 60.2 Å². The average Bonchev–Trinajstić information content (AvgIpc) is 3.57. The first kappa shape index (κ1) is 34.0. The van der Waals surface area contributed by atoms with Crippen LogP contribution in [-0.2, 0) is 26.5 Å². The van der Waals surface area contributed by atoms with Crippen LogP contribution in [0.1, 0.15) is 54.2 Å². The molecule has 0 radical (unpaired) electrons. The Morgan fingerprint density at radius 3 is 2.06 bits per heavy atom. The highest BCUT2D eigenvalue weighted by molar-refractivity contribution is 5.96. The van der Waals surface area contributed by atoms with Gasteiger partial charge >= 0.3 is 12.3 Å². The van der Waals surface area contributed by atoms with Crippen molar-refractivity contribution in [2.45, 2.75) is 43.4 Å². The third kappa shape index (κ3) is 6.36. The summed E-state index contributed by atoms with van der Waals surface area (Å²) in [6.07, 6.45) is -1.63. The summed E-state index contributed by atoms with van der Waals surface area (Å²) >= 11 is 0. The molecule has 0 saturated carbocycles. The molecular formula is C41H37F3N4O3. The fraction of sp³-hybridized carbons (Fsp3) is 0.244. The number of carbonyl (C=O) groups is 1. The molecular weight excluding hydrogens is 653 g/mol. The number of aromatic nitrogens is 3. The van der Waals surface area contributed by atoms with Crippen LogP contribution in [0.5, 0.6) is 0 Å². The fourth-order valence-electron chi connectivity index (χ4n) is 7.05. The van der Waals surface area contributed by atoms with Crippen molar-refractivity contribution >= 4 is 17.1 Å². The van der Waals surface area contributed by atoms with Crippen LogP contribution in [0.15, 0.2) is 122 Å². The molecule has 1 aliphatic rings. The van der Waals surface area contributed by atoms with E-state index in [9.17, 15) is 18.0 Å². The third-order valence-corrected chi connectivity index (χ3v) is 9.41. The van der Waals surface area contributed by atoms with Gasteiger partial charge in [0.2, 0.25) is 0 Å². The molecule has 1 amide bonds. The zero-order chi connectivity index (χ0) is 35.9. The predicted octanol–water partition coefficient (Wildman–Crippen LogP) is 8.82. The number of nitrogens with zero attached hydrogens (tertiary/aromatic N) is 2. The number of aromatic amines is 1. The van der Waals surface area contributed by atoms with Crippen LogP contribution in [0.2, 0.25) is 0 Å². The molecule has 0 atom stereocenters. The van der Waals surface area contributed by atoms with Gasteiger partial charge in [0.15, 0.2) is 5.65 Å². The van der Waals surface area contributed by atoms with Crippen LogP contribution < -0.4 is 5.32 Å². The number of ether oxygens (including phenoxy) is 2. The van der Waals surface area contributed by atoms with E-state index in [2.05, 4.69) is 21.6 Å². The van der Waals surface area contributed by atoms with Gasteiger partial charge in [-0.3, -0.25) is 5.10 Å². The summed E-state index contributed by atoms with van der Waals surface area (Å²) in [5.41, 5.74) is 2.52. The summed E-state index contributed by atoms with van der Waals surface area (Å²) in [4.78, 5) is 17.5. The van der Waals surface area contributed by atoms with E-state index in [0.29, 0.717) is 35.4 Å². The van der Waals surface area contributed by atoms with Crippen LogP contribution in [0.25, 0.3) is 22.2 Å². The van der Waals surface area contributed by atoms with Gasteiger partial charge in [0.25, 0.3) is 0 Å². The first-order chi connectivity index (χ1) is 24.4. The van der Waals surface area contributed by atoms with E-state index < -0.39 is 34.3 Å². The molecule has 51 heavy (non-hydrogen) atoms. The summed E-state index contributed by atoms with van der Waals surface area (Å²) in [7, 11) is 0. The van der Waals surface area contributed by atoms with Crippen molar-refractivity contribution in [1.82, 2.24) is 20.5 Å². The number of pyridine rings is 1. The minimum Gasteiger partial charge on any atom is -0.444 e. The Bertz CT molecular complexity index is 2130. The second kappa shape index (κ2) is 13.0. The molecule has 6 aromatic rings. The lowest BCUT2D eigenvalue weighted by Crippen LogP contribution is -2.54. The quantitative estimate of drug-likeness (QED) is 0.156. The molecule has 260 valence electrons. The molecule has 4 aromatic carbocycles. The van der Waals surface area contributed by atoms with Crippen LogP contribution in [0, 0.1) is 0 Å². The second-order valence-electron chi connectivity index (χ2n) is 13.9. The Labute approximate surface area is 293 Å². The molecule has 0 unspecified atom stereocenters. The number of halogens is 3. The van der Waals surface area contributed by atoms with Gasteiger partial charge in [-0.25, -0.2) is 9.78 Å². The standard InChI is InChI=1S/C41H37F3N4O3/c1-38(2,3)51-37(49)46-24-39(25-50-26-39)30-17-10-12-27(20-30)35-33-22-47-48-36(33)45-23-34(35)40(28-13-6-4-7-14-28,29-15-8-5-9-16-29)31-18-11-19-32(21-31)41(42,43)44/h4-23H,24-26H2,1-3H3,(H,46,49)(H,45,47,48). The maximum Gasteiger partial charge on any atom is 0.416 e. The number of H-pyrrole nitrogens is 1. The number of amides is 1. The topological polar surface area (TPSA) is 89.1 Å². The number of alkyl halides is 3. The maximum atomic E-state index is 14.4. The first-order valence-corrected chi connectivity index (χ1v) is 16.7. The summed E-state index contributed by atoms with van der Waals surface area (Å²) in [6.45, 7) is 6.50. The average molecular weight is 691 g/mol. The Balaban J connectivity index is 1.48. The lowest BCUT2D eigenvalue weighted by Gasteiger charge is -2.42. The third-order valence-electron chi connectivity index (χ3n) is 9.41. The van der Waals surface area contributed by atoms with E-state index in [1.54, 1.807) is 18.5 Å². The van der Waals surface area contributed by atoms with Gasteiger partial charge in [0, 0.05) is 23.7 Å². The molecule has 0 spiro atoms. The van der Waals surface area contributed by atoms with Crippen molar-refractivity contribution in [2.24, 2.45) is 0 Å². The highest BCUT2D eigenvalue weighted by atomic mass is 19.4. The van der Waals surface area contributed by atoms with Gasteiger partial charge < -0.3 is 14.8 Å². The Kier molecular flexibility index (Phi) is 8.67. The molecule has 1 aliphatic heterocycles. The number of rotatable bonds is 8. The predicted molar refractivity (Wildman–Crippen MR) is 189 cm³/mol. The minimum absolute atomic E-state index is 0.290. The van der Waals surface area contributed by atoms with Crippen molar-refractivity contribution in [1.29, 1.82) is 0 Å². The molecule has 3 heterocycles. The lowest BCUT2D eigenvalue weighted by atomic mass is 9.63. The first-order valence-electron chi connectivity index (χ1n) is 16.7. The molecule has 1 saturated heterocycles. The molecule has 7 nitrogen and oxygen atoms in total. The molecule has 7 rings (SSSR count). The van der Waals surface area contributed by atoms with Crippen LogP contribution in [0.4, 0.5) is 18.0 Å². The minimum atomic E-state index is -4.56. The van der Waals surface area contributed by atoms with Gasteiger partial charge in [-0.1, -0.05) is 103 Å². The van der Waals surface area contributed by atoms with E-state index in [4.69, 9.17) is 14.5 Å². The molecule has 2 aromatic heterocycles. The Morgan fingerprint density at radius 2 is 1.45 bits per heavy atom. The van der Waals surface area contributed by atoms with E-state index in [0.717, 1.165) is 33.9 Å². The van der Waals surface area contributed by atoms with Gasteiger partial charge in [-0.15, -0.1) is 0 Å². The van der Waals surface area contributed by atoms with E-state index in [-0.39, 0.29) is 6.54 Å². The zero-order valence-electron chi connectivity index (χ0n) is 28.4. The Morgan fingerprint density at radius 1 is 0.824 bits per heavy atom.